The van der Waals surface area contributed by atoms with Crippen LogP contribution in [-0.2, 0) is 6.42 Å². The molecule has 0 amide bonds. The van der Waals surface area contributed by atoms with Gasteiger partial charge in [0.05, 0.1) is 19.9 Å². The molecule has 3 aromatic rings. The summed E-state index contributed by atoms with van der Waals surface area (Å²) >= 11 is 0. The van der Waals surface area contributed by atoms with E-state index in [0.717, 1.165) is 5.56 Å². The van der Waals surface area contributed by atoms with Gasteiger partial charge in [-0.1, -0.05) is 30.3 Å². The maximum atomic E-state index is 12.3. The van der Waals surface area contributed by atoms with Crippen molar-refractivity contribution >= 4 is 11.6 Å². The molecule has 0 aliphatic carbocycles. The van der Waals surface area contributed by atoms with Crippen molar-refractivity contribution in [2.24, 2.45) is 0 Å². The first-order valence-corrected chi connectivity index (χ1v) is 7.68. The molecule has 1 aromatic heterocycles. The number of hydrogen-bond donors (Lipinski definition) is 2. The molecule has 0 bridgehead atoms. The number of H-pyrrole nitrogens is 1. The lowest BCUT2D eigenvalue weighted by molar-refractivity contribution is 0.404. The highest BCUT2D eigenvalue weighted by Gasteiger charge is 2.09. The molecule has 1 heterocycles. The largest absolute Gasteiger partial charge is 0.497 e. The smallest absolute Gasteiger partial charge is 0.274 e. The quantitative estimate of drug-likeness (QED) is 0.718. The van der Waals surface area contributed by atoms with Crippen molar-refractivity contribution in [1.82, 2.24) is 15.2 Å². The third-order valence-corrected chi connectivity index (χ3v) is 3.64. The highest BCUT2D eigenvalue weighted by molar-refractivity contribution is 5.64. The van der Waals surface area contributed by atoms with Gasteiger partial charge in [-0.15, -0.1) is 10.2 Å². The number of nitrogens with one attached hydrogen (secondary N) is 2. The SMILES string of the molecule is COc1ccc(OC)c(Nc2nnc(Cc3ccccc3)c(=O)[nH]2)c1. The standard InChI is InChI=1S/C18H18N4O3/c1-24-13-8-9-16(25-2)14(11-13)19-18-20-17(23)15(21-22-18)10-12-6-4-3-5-7-12/h3-9,11H,10H2,1-2H3,(H2,19,20,22,23). The van der Waals surface area contributed by atoms with E-state index in [2.05, 4.69) is 20.5 Å². The summed E-state index contributed by atoms with van der Waals surface area (Å²) in [5, 5.41) is 11.1. The third kappa shape index (κ3) is 3.95. The molecule has 0 atom stereocenters. The van der Waals surface area contributed by atoms with E-state index in [1.165, 1.54) is 0 Å². The highest BCUT2D eigenvalue weighted by atomic mass is 16.5. The molecule has 2 aromatic carbocycles. The van der Waals surface area contributed by atoms with Gasteiger partial charge in [-0.2, -0.15) is 0 Å². The molecule has 25 heavy (non-hydrogen) atoms. The van der Waals surface area contributed by atoms with Gasteiger partial charge < -0.3 is 14.8 Å². The molecular formula is C18H18N4O3. The fourth-order valence-corrected chi connectivity index (χ4v) is 2.36. The highest BCUT2D eigenvalue weighted by Crippen LogP contribution is 2.30. The number of rotatable bonds is 6. The van der Waals surface area contributed by atoms with Gasteiger partial charge in [-0.3, -0.25) is 9.78 Å². The Morgan fingerprint density at radius 2 is 1.84 bits per heavy atom. The molecule has 0 fully saturated rings. The van der Waals surface area contributed by atoms with E-state index in [1.54, 1.807) is 32.4 Å². The van der Waals surface area contributed by atoms with Crippen molar-refractivity contribution in [3.05, 3.63) is 70.1 Å². The number of ether oxygens (including phenoxy) is 2. The van der Waals surface area contributed by atoms with E-state index >= 15 is 0 Å². The zero-order valence-electron chi connectivity index (χ0n) is 13.9. The Bertz CT molecular complexity index is 910. The fraction of sp³-hybridized carbons (Fsp3) is 0.167. The second-order valence-electron chi connectivity index (χ2n) is 5.30. The van der Waals surface area contributed by atoms with Crippen LogP contribution in [0, 0.1) is 0 Å². The van der Waals surface area contributed by atoms with Crippen molar-refractivity contribution in [2.45, 2.75) is 6.42 Å². The van der Waals surface area contributed by atoms with Gasteiger partial charge in [0.1, 0.15) is 17.2 Å². The van der Waals surface area contributed by atoms with E-state index in [1.807, 2.05) is 30.3 Å². The first-order valence-electron chi connectivity index (χ1n) is 7.68. The summed E-state index contributed by atoms with van der Waals surface area (Å²) in [6.07, 6.45) is 0.423. The fourth-order valence-electron chi connectivity index (χ4n) is 2.36. The second kappa shape index (κ2) is 7.48. The summed E-state index contributed by atoms with van der Waals surface area (Å²) in [5.41, 5.74) is 1.68. The lowest BCUT2D eigenvalue weighted by Gasteiger charge is -2.11. The van der Waals surface area contributed by atoms with Crippen LogP contribution in [-0.4, -0.2) is 29.4 Å². The molecule has 0 saturated heterocycles. The number of nitrogens with zero attached hydrogens (tertiary/aromatic N) is 2. The average molecular weight is 338 g/mol. The Hall–Kier alpha value is -3.35. The van der Waals surface area contributed by atoms with Gasteiger partial charge in [0.15, 0.2) is 0 Å². The Morgan fingerprint density at radius 3 is 2.52 bits per heavy atom. The van der Waals surface area contributed by atoms with Crippen LogP contribution in [0.2, 0.25) is 0 Å². The third-order valence-electron chi connectivity index (χ3n) is 3.64. The number of anilines is 2. The predicted octanol–water partition coefficient (Wildman–Crippen LogP) is 2.52. The van der Waals surface area contributed by atoms with Crippen LogP contribution in [0.4, 0.5) is 11.6 Å². The molecule has 7 heteroatoms. The predicted molar refractivity (Wildman–Crippen MR) is 94.7 cm³/mol. The van der Waals surface area contributed by atoms with Crippen molar-refractivity contribution in [3.63, 3.8) is 0 Å². The molecule has 7 nitrogen and oxygen atoms in total. The van der Waals surface area contributed by atoms with Crippen LogP contribution in [0.25, 0.3) is 0 Å². The van der Waals surface area contributed by atoms with Gasteiger partial charge in [0.2, 0.25) is 5.95 Å². The van der Waals surface area contributed by atoms with Crippen LogP contribution in [0.5, 0.6) is 11.5 Å². The first kappa shape index (κ1) is 16.5. The number of aromatic nitrogens is 3. The summed E-state index contributed by atoms with van der Waals surface area (Å²) in [5.74, 6) is 1.48. The van der Waals surface area contributed by atoms with Gasteiger partial charge >= 0.3 is 0 Å². The number of hydrogen-bond acceptors (Lipinski definition) is 6. The van der Waals surface area contributed by atoms with Crippen LogP contribution < -0.4 is 20.3 Å². The van der Waals surface area contributed by atoms with E-state index in [4.69, 9.17) is 9.47 Å². The molecule has 3 rings (SSSR count). The zero-order valence-corrected chi connectivity index (χ0v) is 13.9. The average Bonchev–Trinajstić information content (AvgIpc) is 2.65. The maximum absolute atomic E-state index is 12.3. The number of methoxy groups -OCH3 is 2. The van der Waals surface area contributed by atoms with Crippen LogP contribution in [0.3, 0.4) is 0 Å². The lowest BCUT2D eigenvalue weighted by Crippen LogP contribution is -2.19. The molecule has 0 aliphatic heterocycles. The van der Waals surface area contributed by atoms with Gasteiger partial charge in [-0.05, 0) is 17.7 Å². The molecule has 0 aliphatic rings. The summed E-state index contributed by atoms with van der Waals surface area (Å²) in [6.45, 7) is 0. The molecule has 0 spiro atoms. The second-order valence-corrected chi connectivity index (χ2v) is 5.30. The molecule has 0 unspecified atom stereocenters. The lowest BCUT2D eigenvalue weighted by atomic mass is 10.1. The monoisotopic (exact) mass is 338 g/mol. The van der Waals surface area contributed by atoms with Crippen LogP contribution in [0.15, 0.2) is 53.3 Å². The van der Waals surface area contributed by atoms with Gasteiger partial charge in [-0.25, -0.2) is 0 Å². The first-order chi connectivity index (χ1) is 12.2. The van der Waals surface area contributed by atoms with Crippen molar-refractivity contribution in [2.75, 3.05) is 19.5 Å². The Morgan fingerprint density at radius 1 is 1.04 bits per heavy atom. The van der Waals surface area contributed by atoms with Gasteiger partial charge in [0, 0.05) is 12.5 Å². The van der Waals surface area contributed by atoms with Crippen molar-refractivity contribution in [1.29, 1.82) is 0 Å². The number of aromatic amines is 1. The minimum Gasteiger partial charge on any atom is -0.497 e. The number of benzene rings is 2. The minimum absolute atomic E-state index is 0.230. The summed E-state index contributed by atoms with van der Waals surface area (Å²) in [6, 6.07) is 14.9. The summed E-state index contributed by atoms with van der Waals surface area (Å²) in [4.78, 5) is 15.0. The molecule has 2 N–H and O–H groups in total. The van der Waals surface area contributed by atoms with E-state index in [-0.39, 0.29) is 11.5 Å². The Kier molecular flexibility index (Phi) is 4.94. The summed E-state index contributed by atoms with van der Waals surface area (Å²) in [7, 11) is 3.13. The Balaban J connectivity index is 1.83. The van der Waals surface area contributed by atoms with Crippen LogP contribution in [0.1, 0.15) is 11.3 Å². The zero-order chi connectivity index (χ0) is 17.6. The minimum atomic E-state index is -0.289. The van der Waals surface area contributed by atoms with E-state index in [9.17, 15) is 4.79 Å². The normalized spacial score (nSPS) is 10.3. The Labute approximate surface area is 144 Å². The maximum Gasteiger partial charge on any atom is 0.274 e. The molecule has 0 saturated carbocycles. The molecule has 0 radical (unpaired) electrons. The summed E-state index contributed by atoms with van der Waals surface area (Å²) < 4.78 is 10.5. The van der Waals surface area contributed by atoms with Gasteiger partial charge in [0.25, 0.3) is 5.56 Å². The van der Waals surface area contributed by atoms with Crippen molar-refractivity contribution < 1.29 is 9.47 Å². The van der Waals surface area contributed by atoms with Crippen molar-refractivity contribution in [3.8, 4) is 11.5 Å². The van der Waals surface area contributed by atoms with Crippen LogP contribution >= 0.6 is 0 Å². The van der Waals surface area contributed by atoms with E-state index < -0.39 is 0 Å². The molecular weight excluding hydrogens is 320 g/mol. The van der Waals surface area contributed by atoms with E-state index in [0.29, 0.717) is 29.3 Å². The molecule has 128 valence electrons. The topological polar surface area (TPSA) is 89.1 Å².